The van der Waals surface area contributed by atoms with Crippen LogP contribution in [0.25, 0.3) is 0 Å². The maximum Gasteiger partial charge on any atom is 0.416 e. The van der Waals surface area contributed by atoms with E-state index in [0.717, 1.165) is 12.1 Å². The first kappa shape index (κ1) is 11.4. The van der Waals surface area contributed by atoms with Gasteiger partial charge in [0.05, 0.1) is 11.1 Å². The third-order valence-corrected chi connectivity index (χ3v) is 1.75. The van der Waals surface area contributed by atoms with E-state index in [-0.39, 0.29) is 6.07 Å². The summed E-state index contributed by atoms with van der Waals surface area (Å²) in [5.74, 6) is -1.95. The molecule has 0 aliphatic carbocycles. The van der Waals surface area contributed by atoms with Gasteiger partial charge in [0.2, 0.25) is 0 Å². The van der Waals surface area contributed by atoms with Crippen LogP contribution in [0.15, 0.2) is 30.9 Å². The number of carbonyl (C=O) groups is 1. The summed E-state index contributed by atoms with van der Waals surface area (Å²) in [7, 11) is 0. The van der Waals surface area contributed by atoms with Crippen molar-refractivity contribution in [2.24, 2.45) is 0 Å². The minimum atomic E-state index is -4.61. The standard InChI is InChI=1S/C10H6F4O/c1-2-9(15)7-4-3-6(5-8(7)11)10(12,13)14/h2-5H,1H2. The zero-order chi connectivity index (χ0) is 11.6. The van der Waals surface area contributed by atoms with Crippen LogP contribution in [0.3, 0.4) is 0 Å². The Kier molecular flexibility index (Phi) is 2.93. The second-order valence-corrected chi connectivity index (χ2v) is 2.76. The summed E-state index contributed by atoms with van der Waals surface area (Å²) in [4.78, 5) is 11.0. The topological polar surface area (TPSA) is 17.1 Å². The second kappa shape index (κ2) is 3.84. The maximum absolute atomic E-state index is 13.0. The normalized spacial score (nSPS) is 11.2. The van der Waals surface area contributed by atoms with E-state index in [1.807, 2.05) is 0 Å². The molecule has 0 amide bonds. The fourth-order valence-corrected chi connectivity index (χ4v) is 1.00. The smallest absolute Gasteiger partial charge is 0.289 e. The van der Waals surface area contributed by atoms with Gasteiger partial charge in [0.1, 0.15) is 5.82 Å². The van der Waals surface area contributed by atoms with E-state index in [0.29, 0.717) is 6.07 Å². The van der Waals surface area contributed by atoms with E-state index in [1.165, 1.54) is 0 Å². The van der Waals surface area contributed by atoms with E-state index in [1.54, 1.807) is 0 Å². The number of halogens is 4. The van der Waals surface area contributed by atoms with Crippen LogP contribution in [0.5, 0.6) is 0 Å². The Morgan fingerprint density at radius 1 is 1.33 bits per heavy atom. The molecule has 0 spiro atoms. The van der Waals surface area contributed by atoms with E-state index in [4.69, 9.17) is 0 Å². The molecule has 0 unspecified atom stereocenters. The quantitative estimate of drug-likeness (QED) is 0.423. The largest absolute Gasteiger partial charge is 0.416 e. The van der Waals surface area contributed by atoms with Crippen LogP contribution in [-0.2, 0) is 6.18 Å². The highest BCUT2D eigenvalue weighted by Gasteiger charge is 2.31. The molecule has 1 nitrogen and oxygen atoms in total. The highest BCUT2D eigenvalue weighted by Crippen LogP contribution is 2.30. The monoisotopic (exact) mass is 218 g/mol. The molecule has 5 heteroatoms. The number of rotatable bonds is 2. The molecule has 1 aromatic rings. The Morgan fingerprint density at radius 3 is 2.33 bits per heavy atom. The first-order valence-electron chi connectivity index (χ1n) is 3.90. The Morgan fingerprint density at radius 2 is 1.93 bits per heavy atom. The zero-order valence-corrected chi connectivity index (χ0v) is 7.44. The van der Waals surface area contributed by atoms with Gasteiger partial charge in [0.15, 0.2) is 5.78 Å². The maximum atomic E-state index is 13.0. The molecule has 0 aliphatic heterocycles. The van der Waals surface area contributed by atoms with E-state index >= 15 is 0 Å². The Balaban J connectivity index is 3.20. The molecule has 0 aliphatic rings. The van der Waals surface area contributed by atoms with Gasteiger partial charge in [-0.3, -0.25) is 4.79 Å². The number of hydrogen-bond donors (Lipinski definition) is 0. The third-order valence-electron chi connectivity index (χ3n) is 1.75. The Labute approximate surface area is 83.0 Å². The van der Waals surface area contributed by atoms with Gasteiger partial charge < -0.3 is 0 Å². The number of benzene rings is 1. The predicted molar refractivity (Wildman–Crippen MR) is 45.9 cm³/mol. The average molecular weight is 218 g/mol. The molecule has 80 valence electrons. The van der Waals surface area contributed by atoms with Crippen molar-refractivity contribution in [2.45, 2.75) is 6.18 Å². The lowest BCUT2D eigenvalue weighted by Gasteiger charge is -2.07. The van der Waals surface area contributed by atoms with Crippen LogP contribution >= 0.6 is 0 Å². The molecule has 15 heavy (non-hydrogen) atoms. The fourth-order valence-electron chi connectivity index (χ4n) is 1.00. The lowest BCUT2D eigenvalue weighted by Crippen LogP contribution is -2.07. The molecule has 0 atom stereocenters. The minimum absolute atomic E-state index is 0.288. The van der Waals surface area contributed by atoms with Gasteiger partial charge in [0, 0.05) is 0 Å². The lowest BCUT2D eigenvalue weighted by atomic mass is 10.1. The van der Waals surface area contributed by atoms with Gasteiger partial charge in [-0.1, -0.05) is 6.58 Å². The van der Waals surface area contributed by atoms with Gasteiger partial charge in [-0.25, -0.2) is 4.39 Å². The van der Waals surface area contributed by atoms with Crippen LogP contribution in [0.2, 0.25) is 0 Å². The van der Waals surface area contributed by atoms with Crippen LogP contribution in [0.4, 0.5) is 17.6 Å². The SMILES string of the molecule is C=CC(=O)c1ccc(C(F)(F)F)cc1F. The van der Waals surface area contributed by atoms with Crippen molar-refractivity contribution in [1.82, 2.24) is 0 Å². The summed E-state index contributed by atoms with van der Waals surface area (Å²) in [6.07, 6.45) is -3.78. The van der Waals surface area contributed by atoms with Crippen LogP contribution in [0, 0.1) is 5.82 Å². The highest BCUT2D eigenvalue weighted by atomic mass is 19.4. The number of allylic oxidation sites excluding steroid dienone is 1. The van der Waals surface area contributed by atoms with Crippen LogP contribution in [-0.4, -0.2) is 5.78 Å². The van der Waals surface area contributed by atoms with Gasteiger partial charge >= 0.3 is 6.18 Å². The molecular formula is C10H6F4O. The van der Waals surface area contributed by atoms with Crippen molar-refractivity contribution in [1.29, 1.82) is 0 Å². The molecule has 0 aromatic heterocycles. The Bertz CT molecular complexity index is 406. The summed E-state index contributed by atoms with van der Waals surface area (Å²) in [5.41, 5.74) is -1.54. The number of ketones is 1. The third kappa shape index (κ3) is 2.43. The molecule has 0 saturated heterocycles. The molecule has 0 radical (unpaired) electrons. The zero-order valence-electron chi connectivity index (χ0n) is 7.44. The van der Waals surface area contributed by atoms with Crippen molar-refractivity contribution in [2.75, 3.05) is 0 Å². The molecule has 0 heterocycles. The number of carbonyl (C=O) groups excluding carboxylic acids is 1. The predicted octanol–water partition coefficient (Wildman–Crippen LogP) is 3.21. The second-order valence-electron chi connectivity index (χ2n) is 2.76. The van der Waals surface area contributed by atoms with Crippen LogP contribution in [0.1, 0.15) is 15.9 Å². The fraction of sp³-hybridized carbons (Fsp3) is 0.100. The highest BCUT2D eigenvalue weighted by molar-refractivity contribution is 6.04. The summed E-state index contributed by atoms with van der Waals surface area (Å²) in [6.45, 7) is 3.11. The van der Waals surface area contributed by atoms with E-state index < -0.39 is 28.9 Å². The molecule has 0 bridgehead atoms. The van der Waals surface area contributed by atoms with Crippen molar-refractivity contribution in [3.63, 3.8) is 0 Å². The molecule has 0 N–H and O–H groups in total. The molecule has 0 fully saturated rings. The minimum Gasteiger partial charge on any atom is -0.289 e. The Hall–Kier alpha value is -1.65. The molecule has 1 rings (SSSR count). The van der Waals surface area contributed by atoms with Crippen molar-refractivity contribution in [3.05, 3.63) is 47.8 Å². The molecule has 1 aromatic carbocycles. The summed E-state index contributed by atoms with van der Waals surface area (Å²) < 4.78 is 49.4. The van der Waals surface area contributed by atoms with E-state index in [2.05, 4.69) is 6.58 Å². The first-order valence-corrected chi connectivity index (χ1v) is 3.90. The average Bonchev–Trinajstić information content (AvgIpc) is 2.15. The van der Waals surface area contributed by atoms with Crippen molar-refractivity contribution < 1.29 is 22.4 Å². The van der Waals surface area contributed by atoms with Gasteiger partial charge in [0.25, 0.3) is 0 Å². The number of alkyl halides is 3. The number of hydrogen-bond acceptors (Lipinski definition) is 1. The van der Waals surface area contributed by atoms with Crippen molar-refractivity contribution >= 4 is 5.78 Å². The van der Waals surface area contributed by atoms with E-state index in [9.17, 15) is 22.4 Å². The lowest BCUT2D eigenvalue weighted by molar-refractivity contribution is -0.137. The van der Waals surface area contributed by atoms with Gasteiger partial charge in [-0.05, 0) is 24.3 Å². The van der Waals surface area contributed by atoms with Crippen molar-refractivity contribution in [3.8, 4) is 0 Å². The summed E-state index contributed by atoms with van der Waals surface area (Å²) in [5, 5.41) is 0. The summed E-state index contributed by atoms with van der Waals surface area (Å²) in [6, 6.07) is 1.73. The first-order chi connectivity index (χ1) is 6.86. The molecule has 0 saturated carbocycles. The van der Waals surface area contributed by atoms with Gasteiger partial charge in [-0.2, -0.15) is 13.2 Å². The summed E-state index contributed by atoms with van der Waals surface area (Å²) >= 11 is 0. The van der Waals surface area contributed by atoms with Gasteiger partial charge in [-0.15, -0.1) is 0 Å². The van der Waals surface area contributed by atoms with Crippen LogP contribution < -0.4 is 0 Å². The molecular weight excluding hydrogens is 212 g/mol.